The van der Waals surface area contributed by atoms with Crippen LogP contribution < -0.4 is 0 Å². The van der Waals surface area contributed by atoms with Crippen LogP contribution in [0.1, 0.15) is 13.8 Å². The van der Waals surface area contributed by atoms with E-state index in [1.807, 2.05) is 13.8 Å². The predicted molar refractivity (Wildman–Crippen MR) is 57.9 cm³/mol. The van der Waals surface area contributed by atoms with Gasteiger partial charge in [-0.1, -0.05) is 24.0 Å². The zero-order chi connectivity index (χ0) is 9.84. The first kappa shape index (κ1) is 10.9. The molecule has 1 unspecified atom stereocenters. The molecule has 13 heavy (non-hydrogen) atoms. The fourth-order valence-corrected chi connectivity index (χ4v) is 2.66. The highest BCUT2D eigenvalue weighted by Gasteiger charge is 2.35. The summed E-state index contributed by atoms with van der Waals surface area (Å²) >= 11 is 6.49. The van der Waals surface area contributed by atoms with Gasteiger partial charge in [0, 0.05) is 13.2 Å². The molecule has 1 fully saturated rings. The molecular weight excluding hydrogens is 206 g/mol. The number of hydrogen-bond donors (Lipinski definition) is 0. The maximum atomic E-state index is 11.6. The minimum atomic E-state index is -0.118. The molecular formula is C8H13NO2S2. The van der Waals surface area contributed by atoms with Gasteiger partial charge in [0.2, 0.25) is 5.91 Å². The van der Waals surface area contributed by atoms with Gasteiger partial charge in [-0.3, -0.25) is 9.69 Å². The Bertz CT molecular complexity index is 220. The molecule has 1 atom stereocenters. The molecule has 1 heterocycles. The van der Waals surface area contributed by atoms with E-state index in [1.54, 1.807) is 4.90 Å². The molecule has 1 aliphatic heterocycles. The number of nitrogens with zero attached hydrogens (tertiary/aromatic N) is 1. The first-order chi connectivity index (χ1) is 6.20. The number of carbonyl (C=O) groups excluding carboxylic acids is 1. The lowest BCUT2D eigenvalue weighted by Gasteiger charge is -2.11. The molecule has 0 N–H and O–H groups in total. The van der Waals surface area contributed by atoms with Crippen molar-refractivity contribution in [2.75, 3.05) is 19.8 Å². The summed E-state index contributed by atoms with van der Waals surface area (Å²) in [5, 5.41) is -0.118. The second kappa shape index (κ2) is 4.93. The molecule has 5 heteroatoms. The van der Waals surface area contributed by atoms with Crippen LogP contribution in [0.3, 0.4) is 0 Å². The Labute approximate surface area is 87.8 Å². The summed E-state index contributed by atoms with van der Waals surface area (Å²) in [7, 11) is 0. The number of thioether (sulfide) groups is 1. The van der Waals surface area contributed by atoms with E-state index in [-0.39, 0.29) is 11.2 Å². The molecule has 0 aliphatic carbocycles. The van der Waals surface area contributed by atoms with Crippen LogP contribution in [0, 0.1) is 0 Å². The Morgan fingerprint density at radius 3 is 2.77 bits per heavy atom. The average Bonchev–Trinajstić information content (AvgIpc) is 2.38. The Hall–Kier alpha value is -0.130. The van der Waals surface area contributed by atoms with Crippen LogP contribution in [-0.2, 0) is 9.53 Å². The van der Waals surface area contributed by atoms with Gasteiger partial charge in [-0.2, -0.15) is 0 Å². The maximum Gasteiger partial charge on any atom is 0.243 e. The summed E-state index contributed by atoms with van der Waals surface area (Å²) in [6, 6.07) is 0. The minimum Gasteiger partial charge on any atom is -0.380 e. The third-order valence-corrected chi connectivity index (χ3v) is 3.35. The first-order valence-corrected chi connectivity index (χ1v) is 5.59. The number of rotatable bonds is 4. The van der Waals surface area contributed by atoms with Crippen molar-refractivity contribution in [1.82, 2.24) is 4.90 Å². The van der Waals surface area contributed by atoms with E-state index in [4.69, 9.17) is 17.0 Å². The van der Waals surface area contributed by atoms with Gasteiger partial charge in [0.05, 0.1) is 6.61 Å². The van der Waals surface area contributed by atoms with Crippen molar-refractivity contribution in [3.63, 3.8) is 0 Å². The Balaban J connectivity index is 2.52. The zero-order valence-corrected chi connectivity index (χ0v) is 9.41. The van der Waals surface area contributed by atoms with Crippen LogP contribution >= 0.6 is 24.0 Å². The van der Waals surface area contributed by atoms with Crippen LogP contribution in [0.4, 0.5) is 0 Å². The van der Waals surface area contributed by atoms with E-state index in [9.17, 15) is 4.79 Å². The molecule has 1 aliphatic rings. The molecule has 1 amide bonds. The first-order valence-electron chi connectivity index (χ1n) is 4.30. The highest BCUT2D eigenvalue weighted by atomic mass is 32.2. The molecule has 74 valence electrons. The average molecular weight is 219 g/mol. The standard InChI is InChI=1S/C8H13NO2S2/c1-3-9-7(10)6(5-11-4-2)13-8(9)12/h6H,3-5H2,1-2H3. The van der Waals surface area contributed by atoms with Gasteiger partial charge in [0.25, 0.3) is 0 Å². The van der Waals surface area contributed by atoms with Gasteiger partial charge in [0.1, 0.15) is 9.57 Å². The monoisotopic (exact) mass is 219 g/mol. The topological polar surface area (TPSA) is 29.5 Å². The second-order valence-electron chi connectivity index (χ2n) is 2.61. The number of carbonyl (C=O) groups is 1. The third kappa shape index (κ3) is 2.42. The molecule has 0 radical (unpaired) electrons. The van der Waals surface area contributed by atoms with E-state index >= 15 is 0 Å². The summed E-state index contributed by atoms with van der Waals surface area (Å²) in [5.74, 6) is 0.0888. The minimum absolute atomic E-state index is 0.0888. The van der Waals surface area contributed by atoms with Crippen LogP contribution in [0.15, 0.2) is 0 Å². The van der Waals surface area contributed by atoms with Crippen molar-refractivity contribution in [2.45, 2.75) is 19.1 Å². The van der Waals surface area contributed by atoms with Crippen molar-refractivity contribution in [2.24, 2.45) is 0 Å². The van der Waals surface area contributed by atoms with E-state index in [0.29, 0.717) is 24.1 Å². The van der Waals surface area contributed by atoms with Crippen LogP contribution in [0.2, 0.25) is 0 Å². The normalized spacial score (nSPS) is 22.9. The maximum absolute atomic E-state index is 11.6. The summed E-state index contributed by atoms with van der Waals surface area (Å²) in [4.78, 5) is 13.2. The van der Waals surface area contributed by atoms with Gasteiger partial charge < -0.3 is 4.74 Å². The van der Waals surface area contributed by atoms with Crippen molar-refractivity contribution < 1.29 is 9.53 Å². The summed E-state index contributed by atoms with van der Waals surface area (Å²) in [6.07, 6.45) is 0. The molecule has 0 saturated carbocycles. The number of ether oxygens (including phenoxy) is 1. The molecule has 0 spiro atoms. The lowest BCUT2D eigenvalue weighted by molar-refractivity contribution is -0.126. The SMILES string of the molecule is CCOCC1SC(=S)N(CC)C1=O. The Kier molecular flexibility index (Phi) is 4.15. The van der Waals surface area contributed by atoms with Gasteiger partial charge >= 0.3 is 0 Å². The quantitative estimate of drug-likeness (QED) is 0.666. The van der Waals surface area contributed by atoms with E-state index in [2.05, 4.69) is 0 Å². The third-order valence-electron chi connectivity index (χ3n) is 1.79. The fraction of sp³-hybridized carbons (Fsp3) is 0.750. The highest BCUT2D eigenvalue weighted by Crippen LogP contribution is 2.26. The molecule has 1 rings (SSSR count). The molecule has 0 aromatic carbocycles. The van der Waals surface area contributed by atoms with E-state index in [1.165, 1.54) is 11.8 Å². The van der Waals surface area contributed by atoms with Crippen LogP contribution in [-0.4, -0.2) is 40.1 Å². The van der Waals surface area contributed by atoms with Crippen molar-refractivity contribution in [1.29, 1.82) is 0 Å². The van der Waals surface area contributed by atoms with Gasteiger partial charge in [-0.15, -0.1) is 0 Å². The van der Waals surface area contributed by atoms with Crippen LogP contribution in [0.25, 0.3) is 0 Å². The predicted octanol–water partition coefficient (Wildman–Crippen LogP) is 1.27. The largest absolute Gasteiger partial charge is 0.380 e. The van der Waals surface area contributed by atoms with E-state index < -0.39 is 0 Å². The number of amides is 1. The number of thiocarbonyl (C=S) groups is 1. The highest BCUT2D eigenvalue weighted by molar-refractivity contribution is 8.24. The molecule has 0 bridgehead atoms. The summed E-state index contributed by atoms with van der Waals surface area (Å²) in [5.41, 5.74) is 0. The van der Waals surface area contributed by atoms with Crippen molar-refractivity contribution >= 4 is 34.2 Å². The van der Waals surface area contributed by atoms with Crippen LogP contribution in [0.5, 0.6) is 0 Å². The Morgan fingerprint density at radius 1 is 1.62 bits per heavy atom. The van der Waals surface area contributed by atoms with Gasteiger partial charge in [0.15, 0.2) is 0 Å². The molecule has 0 aromatic rings. The molecule has 3 nitrogen and oxygen atoms in total. The molecule has 0 aromatic heterocycles. The number of hydrogen-bond acceptors (Lipinski definition) is 4. The zero-order valence-electron chi connectivity index (χ0n) is 7.78. The lowest BCUT2D eigenvalue weighted by atomic mass is 10.4. The summed E-state index contributed by atoms with van der Waals surface area (Å²) < 4.78 is 5.88. The summed E-state index contributed by atoms with van der Waals surface area (Å²) in [6.45, 7) is 5.61. The van der Waals surface area contributed by atoms with Gasteiger partial charge in [-0.25, -0.2) is 0 Å². The lowest BCUT2D eigenvalue weighted by Crippen LogP contribution is -2.32. The van der Waals surface area contributed by atoms with Crippen molar-refractivity contribution in [3.8, 4) is 0 Å². The fourth-order valence-electron chi connectivity index (χ4n) is 1.11. The van der Waals surface area contributed by atoms with E-state index in [0.717, 1.165) is 0 Å². The Morgan fingerprint density at radius 2 is 2.31 bits per heavy atom. The van der Waals surface area contributed by atoms with Gasteiger partial charge in [-0.05, 0) is 13.8 Å². The molecule has 1 saturated heterocycles. The smallest absolute Gasteiger partial charge is 0.243 e. The van der Waals surface area contributed by atoms with Crippen molar-refractivity contribution in [3.05, 3.63) is 0 Å². The second-order valence-corrected chi connectivity index (χ2v) is 4.45.